The first-order valence-electron chi connectivity index (χ1n) is 4.13. The summed E-state index contributed by atoms with van der Waals surface area (Å²) >= 11 is 3.32. The van der Waals surface area contributed by atoms with E-state index in [-0.39, 0.29) is 5.82 Å². The number of halogens is 2. The first kappa shape index (κ1) is 10.7. The predicted molar refractivity (Wildman–Crippen MR) is 54.2 cm³/mol. The Morgan fingerprint density at radius 2 is 2.15 bits per heavy atom. The minimum Gasteiger partial charge on any atom is -0.393 e. The summed E-state index contributed by atoms with van der Waals surface area (Å²) in [6.45, 7) is 3.48. The number of aryl methyl sites for hydroxylation is 1. The number of rotatable bonds is 2. The zero-order valence-corrected chi connectivity index (χ0v) is 9.23. The van der Waals surface area contributed by atoms with Gasteiger partial charge < -0.3 is 5.11 Å². The summed E-state index contributed by atoms with van der Waals surface area (Å²) in [6, 6.07) is 3.19. The second kappa shape index (κ2) is 4.20. The Morgan fingerprint density at radius 1 is 1.54 bits per heavy atom. The van der Waals surface area contributed by atoms with Crippen LogP contribution < -0.4 is 0 Å². The smallest absolute Gasteiger partial charge is 0.126 e. The maximum atomic E-state index is 13.3. The second-order valence-corrected chi connectivity index (χ2v) is 4.10. The highest BCUT2D eigenvalue weighted by Crippen LogP contribution is 2.21. The van der Waals surface area contributed by atoms with Crippen LogP contribution in [0.5, 0.6) is 0 Å². The number of hydrogen-bond donors (Lipinski definition) is 1. The third-order valence-electron chi connectivity index (χ3n) is 1.84. The molecule has 3 heteroatoms. The molecule has 0 radical (unpaired) electrons. The van der Waals surface area contributed by atoms with Gasteiger partial charge in [-0.25, -0.2) is 4.39 Å². The highest BCUT2D eigenvalue weighted by atomic mass is 79.9. The van der Waals surface area contributed by atoms with Crippen LogP contribution in [0.1, 0.15) is 18.1 Å². The Kier molecular flexibility index (Phi) is 3.45. The van der Waals surface area contributed by atoms with Crippen LogP contribution in [0.15, 0.2) is 16.6 Å². The zero-order valence-electron chi connectivity index (χ0n) is 7.64. The predicted octanol–water partition coefficient (Wildman–Crippen LogP) is 2.82. The van der Waals surface area contributed by atoms with Gasteiger partial charge in [0.1, 0.15) is 5.82 Å². The molecule has 0 heterocycles. The largest absolute Gasteiger partial charge is 0.393 e. The molecule has 0 spiro atoms. The average molecular weight is 247 g/mol. The van der Waals surface area contributed by atoms with E-state index in [0.717, 1.165) is 10.0 Å². The van der Waals surface area contributed by atoms with Gasteiger partial charge >= 0.3 is 0 Å². The first-order chi connectivity index (χ1) is 6.00. The van der Waals surface area contributed by atoms with E-state index in [0.29, 0.717) is 12.0 Å². The van der Waals surface area contributed by atoms with E-state index in [1.807, 2.05) is 6.92 Å². The van der Waals surface area contributed by atoms with Gasteiger partial charge in [-0.15, -0.1) is 0 Å². The fourth-order valence-electron chi connectivity index (χ4n) is 1.16. The molecule has 1 rings (SSSR count). The van der Waals surface area contributed by atoms with Crippen molar-refractivity contribution in [2.24, 2.45) is 0 Å². The first-order valence-corrected chi connectivity index (χ1v) is 4.92. The van der Waals surface area contributed by atoms with E-state index in [1.54, 1.807) is 13.0 Å². The molecule has 1 N–H and O–H groups in total. The lowest BCUT2D eigenvalue weighted by molar-refractivity contribution is 0.194. The monoisotopic (exact) mass is 246 g/mol. The summed E-state index contributed by atoms with van der Waals surface area (Å²) in [7, 11) is 0. The summed E-state index contributed by atoms with van der Waals surface area (Å²) in [5.74, 6) is -0.249. The van der Waals surface area contributed by atoms with E-state index in [4.69, 9.17) is 5.11 Å². The third-order valence-corrected chi connectivity index (χ3v) is 2.70. The molecule has 0 saturated carbocycles. The molecule has 0 aliphatic carbocycles. The van der Waals surface area contributed by atoms with E-state index in [2.05, 4.69) is 15.9 Å². The molecule has 1 aromatic carbocycles. The van der Waals surface area contributed by atoms with Crippen LogP contribution in [-0.4, -0.2) is 11.2 Å². The van der Waals surface area contributed by atoms with Gasteiger partial charge in [0.15, 0.2) is 0 Å². The fourth-order valence-corrected chi connectivity index (χ4v) is 1.55. The van der Waals surface area contributed by atoms with Gasteiger partial charge in [0.05, 0.1) is 6.10 Å². The molecule has 1 nitrogen and oxygen atoms in total. The van der Waals surface area contributed by atoms with E-state index in [9.17, 15) is 4.39 Å². The third kappa shape index (κ3) is 2.78. The van der Waals surface area contributed by atoms with Crippen molar-refractivity contribution in [2.45, 2.75) is 26.4 Å². The van der Waals surface area contributed by atoms with Crippen molar-refractivity contribution in [2.75, 3.05) is 0 Å². The lowest BCUT2D eigenvalue weighted by Gasteiger charge is -2.07. The van der Waals surface area contributed by atoms with Crippen molar-refractivity contribution < 1.29 is 9.50 Å². The van der Waals surface area contributed by atoms with Crippen molar-refractivity contribution in [3.63, 3.8) is 0 Å². The molecule has 0 aliphatic heterocycles. The Bertz CT molecular complexity index is 310. The molecule has 0 bridgehead atoms. The SMILES string of the molecule is Cc1cc(F)c(CC(C)O)cc1Br. The van der Waals surface area contributed by atoms with Gasteiger partial charge in [0.25, 0.3) is 0 Å². The van der Waals surface area contributed by atoms with Crippen molar-refractivity contribution in [3.8, 4) is 0 Å². The van der Waals surface area contributed by atoms with Gasteiger partial charge in [-0.05, 0) is 37.1 Å². The van der Waals surface area contributed by atoms with Crippen LogP contribution >= 0.6 is 15.9 Å². The van der Waals surface area contributed by atoms with Gasteiger partial charge in [-0.2, -0.15) is 0 Å². The summed E-state index contributed by atoms with van der Waals surface area (Å²) in [5, 5.41) is 9.11. The lowest BCUT2D eigenvalue weighted by Crippen LogP contribution is -2.06. The fraction of sp³-hybridized carbons (Fsp3) is 0.400. The second-order valence-electron chi connectivity index (χ2n) is 3.25. The van der Waals surface area contributed by atoms with Gasteiger partial charge in [0, 0.05) is 10.9 Å². The van der Waals surface area contributed by atoms with Crippen molar-refractivity contribution in [1.82, 2.24) is 0 Å². The van der Waals surface area contributed by atoms with Crippen molar-refractivity contribution in [1.29, 1.82) is 0 Å². The normalized spacial score (nSPS) is 13.0. The minimum absolute atomic E-state index is 0.249. The van der Waals surface area contributed by atoms with Crippen molar-refractivity contribution >= 4 is 15.9 Å². The standard InChI is InChI=1S/C10H12BrFO/c1-6-3-10(12)8(4-7(2)13)5-9(6)11/h3,5,7,13H,4H2,1-2H3. The summed E-state index contributed by atoms with van der Waals surface area (Å²) in [5.41, 5.74) is 1.42. The average Bonchev–Trinajstić information content (AvgIpc) is 1.99. The minimum atomic E-state index is -0.510. The van der Waals surface area contributed by atoms with E-state index < -0.39 is 6.10 Å². The molecule has 72 valence electrons. The van der Waals surface area contributed by atoms with Gasteiger partial charge in [0.2, 0.25) is 0 Å². The van der Waals surface area contributed by atoms with Crippen LogP contribution in [0.2, 0.25) is 0 Å². The van der Waals surface area contributed by atoms with Gasteiger partial charge in [-0.1, -0.05) is 15.9 Å². The molecule has 0 amide bonds. The Morgan fingerprint density at radius 3 is 2.69 bits per heavy atom. The van der Waals surface area contributed by atoms with Crippen LogP contribution in [0.3, 0.4) is 0 Å². The van der Waals surface area contributed by atoms with E-state index >= 15 is 0 Å². The molecular weight excluding hydrogens is 235 g/mol. The number of aliphatic hydroxyl groups excluding tert-OH is 1. The number of benzene rings is 1. The molecule has 0 fully saturated rings. The Labute approximate surface area is 85.7 Å². The molecule has 1 aromatic rings. The maximum absolute atomic E-state index is 13.3. The van der Waals surface area contributed by atoms with Crippen molar-refractivity contribution in [3.05, 3.63) is 33.5 Å². The van der Waals surface area contributed by atoms with Crippen LogP contribution in [0.25, 0.3) is 0 Å². The molecule has 13 heavy (non-hydrogen) atoms. The molecular formula is C10H12BrFO. The Balaban J connectivity index is 3.01. The molecule has 1 atom stereocenters. The number of aliphatic hydroxyl groups is 1. The van der Waals surface area contributed by atoms with Crippen LogP contribution in [0, 0.1) is 12.7 Å². The number of hydrogen-bond acceptors (Lipinski definition) is 1. The summed E-state index contributed by atoms with van der Waals surface area (Å²) in [4.78, 5) is 0. The van der Waals surface area contributed by atoms with Gasteiger partial charge in [-0.3, -0.25) is 0 Å². The topological polar surface area (TPSA) is 20.2 Å². The van der Waals surface area contributed by atoms with Crippen LogP contribution in [0.4, 0.5) is 4.39 Å². The molecule has 0 aromatic heterocycles. The highest BCUT2D eigenvalue weighted by Gasteiger charge is 2.07. The zero-order chi connectivity index (χ0) is 10.0. The van der Waals surface area contributed by atoms with E-state index in [1.165, 1.54) is 6.07 Å². The molecule has 0 aliphatic rings. The summed E-state index contributed by atoms with van der Waals surface area (Å²) < 4.78 is 14.1. The quantitative estimate of drug-likeness (QED) is 0.851. The maximum Gasteiger partial charge on any atom is 0.126 e. The Hall–Kier alpha value is -0.410. The lowest BCUT2D eigenvalue weighted by atomic mass is 10.1. The van der Waals surface area contributed by atoms with Crippen LogP contribution in [-0.2, 0) is 6.42 Å². The molecule has 1 unspecified atom stereocenters. The summed E-state index contributed by atoms with van der Waals surface area (Å²) in [6.07, 6.45) is -0.158. The molecule has 0 saturated heterocycles. The highest BCUT2D eigenvalue weighted by molar-refractivity contribution is 9.10.